The number of nitrogens with zero attached hydrogens (tertiary/aromatic N) is 2. The number of aliphatic imine (C=N–C) groups is 1. The number of aldehydes is 1. The van der Waals surface area contributed by atoms with E-state index in [4.69, 9.17) is 37.9 Å². The molecule has 0 saturated heterocycles. The zero-order chi connectivity index (χ0) is 60.8. The predicted molar refractivity (Wildman–Crippen MR) is 309 cm³/mol. The van der Waals surface area contributed by atoms with Crippen LogP contribution in [0, 0.1) is 11.7 Å². The number of alkyl carbamates (subject to hydrolysis) is 3. The van der Waals surface area contributed by atoms with E-state index >= 15 is 4.39 Å². The lowest BCUT2D eigenvalue weighted by Crippen LogP contribution is -2.52. The van der Waals surface area contributed by atoms with Crippen molar-refractivity contribution in [3.63, 3.8) is 0 Å². The van der Waals surface area contributed by atoms with Crippen LogP contribution in [0.3, 0.4) is 0 Å². The van der Waals surface area contributed by atoms with Crippen molar-refractivity contribution < 1.29 is 76.2 Å². The van der Waals surface area contributed by atoms with Gasteiger partial charge >= 0.3 is 24.2 Å². The molecule has 1 aliphatic rings. The van der Waals surface area contributed by atoms with Gasteiger partial charge in [-0.25, -0.2) is 28.6 Å². The van der Waals surface area contributed by atoms with Gasteiger partial charge in [0.1, 0.15) is 47.3 Å². The van der Waals surface area contributed by atoms with Crippen LogP contribution in [-0.4, -0.2) is 148 Å². The summed E-state index contributed by atoms with van der Waals surface area (Å²) in [5.41, 5.74) is -0.727. The minimum atomic E-state index is -1.09. The quantitative estimate of drug-likeness (QED) is 0.00924. The van der Waals surface area contributed by atoms with Crippen molar-refractivity contribution in [3.8, 4) is 28.4 Å². The van der Waals surface area contributed by atoms with Crippen LogP contribution < -0.4 is 41.4 Å². The van der Waals surface area contributed by atoms with Gasteiger partial charge in [-0.1, -0.05) is 12.1 Å². The summed E-state index contributed by atoms with van der Waals surface area (Å²) in [6, 6.07) is 13.0. The highest BCUT2D eigenvalue weighted by atomic mass is 32.1. The summed E-state index contributed by atoms with van der Waals surface area (Å²) in [5.74, 6) is -2.08. The Labute approximate surface area is 487 Å². The first-order valence-corrected chi connectivity index (χ1v) is 28.1. The highest BCUT2D eigenvalue weighted by molar-refractivity contribution is 7.13. The molecule has 4 aromatic rings. The number of carbonyl (C=O) groups is 6. The Kier molecular flexibility index (Phi) is 25.0. The van der Waals surface area contributed by atoms with Crippen molar-refractivity contribution >= 4 is 58.9 Å². The zero-order valence-corrected chi connectivity index (χ0v) is 49.6. The number of thiazole rings is 1. The molecular formula is C58H79FN8O15S. The van der Waals surface area contributed by atoms with Gasteiger partial charge in [-0.2, -0.15) is 0 Å². The molecule has 23 nitrogen and oxygen atoms in total. The summed E-state index contributed by atoms with van der Waals surface area (Å²) in [7, 11) is 0. The SMILES string of the molecule is CC(C)(C)OC(=O)NC(=NCCC[C@H](NC(=O)OC(C)(C)C)C(=O)NCCOCCOCCOCCOc1cc2c(cc1Oc1ccc(-c3ccc(C(=O)O)cc3)c(F)c1)[C@@](C)(C(C=O)CNc1nccs1)NCC2)NC(=O)OC(C)(C)C. The molecule has 2 heterocycles. The third-order valence-electron chi connectivity index (χ3n) is 12.0. The first kappa shape index (κ1) is 66.4. The van der Waals surface area contributed by atoms with E-state index in [9.17, 15) is 33.9 Å². The van der Waals surface area contributed by atoms with Gasteiger partial charge in [0.25, 0.3) is 0 Å². The Hall–Kier alpha value is -7.45. The lowest BCUT2D eigenvalue weighted by Gasteiger charge is -2.41. The minimum Gasteiger partial charge on any atom is -0.487 e. The largest absolute Gasteiger partial charge is 0.487 e. The monoisotopic (exact) mass is 1180 g/mol. The molecule has 3 aromatic carbocycles. The number of carbonyl (C=O) groups excluding carboxylic acids is 5. The summed E-state index contributed by atoms with van der Waals surface area (Å²) in [5, 5.41) is 28.8. The van der Waals surface area contributed by atoms with Crippen LogP contribution in [0.5, 0.6) is 17.2 Å². The molecule has 454 valence electrons. The summed E-state index contributed by atoms with van der Waals surface area (Å²) >= 11 is 1.43. The number of hydrogen-bond acceptors (Lipinski definition) is 19. The van der Waals surface area contributed by atoms with E-state index in [1.165, 1.54) is 41.7 Å². The zero-order valence-electron chi connectivity index (χ0n) is 48.8. The fourth-order valence-corrected chi connectivity index (χ4v) is 8.75. The predicted octanol–water partition coefficient (Wildman–Crippen LogP) is 8.35. The number of amides is 4. The highest BCUT2D eigenvalue weighted by Crippen LogP contribution is 2.43. The molecule has 0 saturated carbocycles. The molecule has 1 aliphatic heterocycles. The maximum atomic E-state index is 15.7. The van der Waals surface area contributed by atoms with Crippen molar-refractivity contribution in [1.29, 1.82) is 0 Å². The number of ether oxygens (including phenoxy) is 8. The fraction of sp³-hybridized carbons (Fsp3) is 0.517. The van der Waals surface area contributed by atoms with Crippen LogP contribution in [0.1, 0.15) is 104 Å². The van der Waals surface area contributed by atoms with E-state index in [1.54, 1.807) is 80.6 Å². The number of anilines is 1. The molecule has 5 rings (SSSR count). The van der Waals surface area contributed by atoms with Gasteiger partial charge in [-0.15, -0.1) is 11.3 Å². The van der Waals surface area contributed by atoms with E-state index in [1.807, 2.05) is 24.4 Å². The molecular weight excluding hydrogens is 1100 g/mol. The van der Waals surface area contributed by atoms with E-state index in [2.05, 4.69) is 41.9 Å². The first-order valence-electron chi connectivity index (χ1n) is 27.2. The van der Waals surface area contributed by atoms with Crippen molar-refractivity contribution in [2.75, 3.05) is 77.7 Å². The van der Waals surface area contributed by atoms with Gasteiger partial charge in [-0.05, 0) is 142 Å². The number of rotatable bonds is 28. The third kappa shape index (κ3) is 23.0. The molecule has 0 fully saturated rings. The molecule has 0 aliphatic carbocycles. The number of carboxylic acids is 1. The molecule has 4 amide bonds. The Morgan fingerprint density at radius 2 is 1.42 bits per heavy atom. The molecule has 1 aromatic heterocycles. The maximum Gasteiger partial charge on any atom is 0.414 e. The average Bonchev–Trinajstić information content (AvgIpc) is 2.56. The smallest absolute Gasteiger partial charge is 0.414 e. The Balaban J connectivity index is 1.10. The number of aromatic nitrogens is 1. The van der Waals surface area contributed by atoms with Crippen molar-refractivity contribution in [3.05, 3.63) is 88.7 Å². The molecule has 83 heavy (non-hydrogen) atoms. The van der Waals surface area contributed by atoms with E-state index in [0.717, 1.165) is 17.4 Å². The van der Waals surface area contributed by atoms with Crippen LogP contribution in [0.2, 0.25) is 0 Å². The van der Waals surface area contributed by atoms with E-state index in [-0.39, 0.29) is 101 Å². The summed E-state index contributed by atoms with van der Waals surface area (Å²) in [4.78, 5) is 83.7. The molecule has 3 atom stereocenters. The van der Waals surface area contributed by atoms with E-state index < -0.39 is 70.3 Å². The Morgan fingerprint density at radius 1 is 0.807 bits per heavy atom. The lowest BCUT2D eigenvalue weighted by atomic mass is 9.75. The van der Waals surface area contributed by atoms with Crippen LogP contribution in [0.4, 0.5) is 23.9 Å². The fourth-order valence-electron chi connectivity index (χ4n) is 8.21. The number of fused-ring (bicyclic) bond motifs is 1. The summed E-state index contributed by atoms with van der Waals surface area (Å²) < 4.78 is 61.4. The van der Waals surface area contributed by atoms with Gasteiger partial charge in [-0.3, -0.25) is 20.4 Å². The number of carboxylic acid groups (broad SMARTS) is 1. The normalized spacial score (nSPS) is 14.8. The van der Waals surface area contributed by atoms with Crippen LogP contribution in [0.25, 0.3) is 11.1 Å². The Morgan fingerprint density at radius 3 is 2.00 bits per heavy atom. The van der Waals surface area contributed by atoms with Crippen LogP contribution in [-0.2, 0) is 50.0 Å². The molecule has 0 spiro atoms. The molecule has 0 bridgehead atoms. The van der Waals surface area contributed by atoms with Gasteiger partial charge in [0.2, 0.25) is 11.9 Å². The van der Waals surface area contributed by atoms with Gasteiger partial charge in [0.15, 0.2) is 16.6 Å². The van der Waals surface area contributed by atoms with Crippen LogP contribution in [0.15, 0.2) is 71.2 Å². The minimum absolute atomic E-state index is 0.0198. The van der Waals surface area contributed by atoms with Crippen molar-refractivity contribution in [2.45, 2.75) is 117 Å². The average molecular weight is 1180 g/mol. The second-order valence-electron chi connectivity index (χ2n) is 22.2. The molecule has 0 radical (unpaired) electrons. The van der Waals surface area contributed by atoms with Crippen LogP contribution >= 0.6 is 11.3 Å². The number of nitrogens with one attached hydrogen (secondary N) is 6. The number of guanidine groups is 1. The summed E-state index contributed by atoms with van der Waals surface area (Å²) in [6.07, 6.45) is 1.06. The highest BCUT2D eigenvalue weighted by Gasteiger charge is 2.40. The van der Waals surface area contributed by atoms with Crippen molar-refractivity contribution in [2.24, 2.45) is 10.9 Å². The number of hydrogen-bond donors (Lipinski definition) is 7. The summed E-state index contributed by atoms with van der Waals surface area (Å²) in [6.45, 7) is 19.5. The molecule has 7 N–H and O–H groups in total. The second kappa shape index (κ2) is 31.3. The maximum absolute atomic E-state index is 15.7. The number of aromatic carboxylic acids is 1. The first-order chi connectivity index (χ1) is 39.2. The van der Waals surface area contributed by atoms with Gasteiger partial charge in [0, 0.05) is 49.4 Å². The molecule has 1 unspecified atom stereocenters. The second-order valence-corrected chi connectivity index (χ2v) is 23.1. The van der Waals surface area contributed by atoms with Gasteiger partial charge in [0.05, 0.1) is 56.7 Å². The van der Waals surface area contributed by atoms with E-state index in [0.29, 0.717) is 36.0 Å². The number of benzene rings is 3. The number of halogens is 1. The molecule has 25 heteroatoms. The lowest BCUT2D eigenvalue weighted by molar-refractivity contribution is -0.123. The topological polar surface area (TPSA) is 294 Å². The Bertz CT molecular complexity index is 2790. The standard InChI is InChI=1S/C58H79FN8O15S/c1-55(2,3)80-52(72)65-45(12-11-20-61-50(66-53(73)81-56(4,5)6)67-54(74)82-57(7,8)9)48(69)60-22-24-75-25-26-76-27-28-77-29-30-78-46-32-39-19-21-64-58(10,40(36-68)35-63-51-62-23-31-83-51)43(39)34-47(46)79-41-17-18-42(44(59)33-41)37-13-15-38(16-14-37)49(70)71/h13-18,23,31-34,36,40,45,64H,11-12,19-22,24-30,35H2,1-10H3,(H,60,69)(H,62,63)(H,65,72)(H,70,71)(H2,61,66,67,73,74)/t40?,45-,58+/m0/s1. The third-order valence-corrected chi connectivity index (χ3v) is 12.7. The van der Waals surface area contributed by atoms with Crippen molar-refractivity contribution in [1.82, 2.24) is 31.6 Å². The van der Waals surface area contributed by atoms with Gasteiger partial charge < -0.3 is 69.1 Å².